The number of halogens is 1. The number of tetrazole rings is 1. The lowest BCUT2D eigenvalue weighted by Gasteiger charge is -2.25. The Bertz CT molecular complexity index is 632. The van der Waals surface area contributed by atoms with Crippen LogP contribution in [0.25, 0.3) is 10.7 Å². The average Bonchev–Trinajstić information content (AvgIpc) is 2.93. The van der Waals surface area contributed by atoms with Gasteiger partial charge in [-0.1, -0.05) is 20.8 Å². The molecule has 0 amide bonds. The normalized spacial score (nSPS) is 13.3. The summed E-state index contributed by atoms with van der Waals surface area (Å²) in [5, 5.41) is 22.9. The lowest BCUT2D eigenvalue weighted by Crippen LogP contribution is -2.22. The summed E-state index contributed by atoms with van der Waals surface area (Å²) in [6.45, 7) is 6.23. The largest absolute Gasteiger partial charge is 0.481 e. The Balaban J connectivity index is 2.39. The lowest BCUT2D eigenvalue weighted by atomic mass is 9.87. The van der Waals surface area contributed by atoms with Crippen molar-refractivity contribution in [3.63, 3.8) is 0 Å². The van der Waals surface area contributed by atoms with E-state index in [4.69, 9.17) is 5.11 Å². The van der Waals surface area contributed by atoms with Gasteiger partial charge in [0.2, 0.25) is 0 Å². The second-order valence-corrected chi connectivity index (χ2v) is 7.83. The number of carboxylic acids is 1. The number of carboxylic acid groups (broad SMARTS) is 1. The molecule has 21 heavy (non-hydrogen) atoms. The number of nitrogens with zero attached hydrogens (tertiary/aromatic N) is 4. The molecule has 1 unspecified atom stereocenters. The molecule has 0 bridgehead atoms. The molecule has 0 aromatic carbocycles. The molecule has 0 fully saturated rings. The highest BCUT2D eigenvalue weighted by atomic mass is 79.9. The van der Waals surface area contributed by atoms with Crippen molar-refractivity contribution in [1.82, 2.24) is 20.2 Å². The number of aromatic nitrogens is 4. The van der Waals surface area contributed by atoms with Crippen LogP contribution in [0.15, 0.2) is 15.9 Å². The van der Waals surface area contributed by atoms with E-state index in [1.807, 2.05) is 11.4 Å². The van der Waals surface area contributed by atoms with Crippen LogP contribution in [-0.4, -0.2) is 31.3 Å². The smallest absolute Gasteiger partial charge is 0.305 e. The van der Waals surface area contributed by atoms with Crippen LogP contribution in [-0.2, 0) is 4.79 Å². The van der Waals surface area contributed by atoms with Crippen molar-refractivity contribution in [3.8, 4) is 10.7 Å². The summed E-state index contributed by atoms with van der Waals surface area (Å²) in [6.07, 6.45) is 0.679. The van der Waals surface area contributed by atoms with E-state index in [9.17, 15) is 4.79 Å². The molecule has 6 nitrogen and oxygen atoms in total. The number of hydrogen-bond acceptors (Lipinski definition) is 5. The molecule has 0 spiro atoms. The maximum atomic E-state index is 11.2. The molecule has 2 aromatic rings. The van der Waals surface area contributed by atoms with Crippen molar-refractivity contribution < 1.29 is 9.90 Å². The van der Waals surface area contributed by atoms with Gasteiger partial charge in [0.25, 0.3) is 0 Å². The van der Waals surface area contributed by atoms with Crippen LogP contribution in [0.1, 0.15) is 39.7 Å². The van der Waals surface area contributed by atoms with E-state index in [-0.39, 0.29) is 17.9 Å². The van der Waals surface area contributed by atoms with Gasteiger partial charge in [0.1, 0.15) is 0 Å². The van der Waals surface area contributed by atoms with Gasteiger partial charge in [-0.15, -0.1) is 16.4 Å². The Morgan fingerprint density at radius 3 is 2.76 bits per heavy atom. The van der Waals surface area contributed by atoms with Gasteiger partial charge < -0.3 is 5.11 Å². The van der Waals surface area contributed by atoms with E-state index in [1.54, 1.807) is 4.68 Å². The second kappa shape index (κ2) is 6.23. The van der Waals surface area contributed by atoms with E-state index in [0.29, 0.717) is 12.2 Å². The summed E-state index contributed by atoms with van der Waals surface area (Å²) < 4.78 is 2.55. The molecule has 114 valence electrons. The van der Waals surface area contributed by atoms with Gasteiger partial charge in [-0.25, -0.2) is 4.68 Å². The van der Waals surface area contributed by atoms with Crippen LogP contribution in [0.2, 0.25) is 0 Å². The highest BCUT2D eigenvalue weighted by molar-refractivity contribution is 9.10. The molecule has 0 aliphatic rings. The highest BCUT2D eigenvalue weighted by Gasteiger charge is 2.27. The summed E-state index contributed by atoms with van der Waals surface area (Å²) in [7, 11) is 0. The van der Waals surface area contributed by atoms with Crippen molar-refractivity contribution in [3.05, 3.63) is 15.9 Å². The Morgan fingerprint density at radius 1 is 1.52 bits per heavy atom. The summed E-state index contributed by atoms with van der Waals surface area (Å²) in [5.74, 6) is -0.247. The van der Waals surface area contributed by atoms with Crippen LogP contribution in [0.3, 0.4) is 0 Å². The van der Waals surface area contributed by atoms with Gasteiger partial charge >= 0.3 is 5.97 Å². The summed E-state index contributed by atoms with van der Waals surface area (Å²) in [4.78, 5) is 12.1. The number of aliphatic carboxylic acids is 1. The first-order chi connectivity index (χ1) is 9.78. The molecule has 8 heteroatoms. The van der Waals surface area contributed by atoms with Crippen LogP contribution in [0.5, 0.6) is 0 Å². The molecule has 0 aliphatic heterocycles. The average molecular weight is 373 g/mol. The van der Waals surface area contributed by atoms with Crippen molar-refractivity contribution in [2.75, 3.05) is 0 Å². The van der Waals surface area contributed by atoms with Crippen molar-refractivity contribution in [2.45, 2.75) is 39.7 Å². The zero-order valence-electron chi connectivity index (χ0n) is 12.1. The molecule has 0 radical (unpaired) electrons. The van der Waals surface area contributed by atoms with Crippen LogP contribution < -0.4 is 0 Å². The minimum absolute atomic E-state index is 0.00168. The minimum Gasteiger partial charge on any atom is -0.481 e. The van der Waals surface area contributed by atoms with E-state index in [1.165, 1.54) is 11.3 Å². The first kappa shape index (κ1) is 16.1. The predicted molar refractivity (Wildman–Crippen MR) is 84.2 cm³/mol. The third kappa shape index (κ3) is 4.10. The Morgan fingerprint density at radius 2 is 2.24 bits per heavy atom. The van der Waals surface area contributed by atoms with E-state index in [2.05, 4.69) is 52.2 Å². The van der Waals surface area contributed by atoms with Gasteiger partial charge in [-0.05, 0) is 49.6 Å². The molecule has 2 aromatic heterocycles. The van der Waals surface area contributed by atoms with E-state index < -0.39 is 5.97 Å². The van der Waals surface area contributed by atoms with Gasteiger partial charge in [-0.3, -0.25) is 4.79 Å². The summed E-state index contributed by atoms with van der Waals surface area (Å²) >= 11 is 4.99. The SMILES string of the molecule is CC(C)(C)CC(CC(=O)O)n1nnnc1-c1sccc1Br. The quantitative estimate of drug-likeness (QED) is 0.866. The Labute approximate surface area is 135 Å². The van der Waals surface area contributed by atoms with E-state index >= 15 is 0 Å². The van der Waals surface area contributed by atoms with Crippen LogP contribution >= 0.6 is 27.3 Å². The predicted octanol–water partition coefficient (Wildman–Crippen LogP) is 3.62. The second-order valence-electron chi connectivity index (χ2n) is 6.06. The third-order valence-corrected chi connectivity index (χ3v) is 4.75. The van der Waals surface area contributed by atoms with Crippen LogP contribution in [0.4, 0.5) is 0 Å². The van der Waals surface area contributed by atoms with Gasteiger partial charge in [0, 0.05) is 4.47 Å². The fourth-order valence-corrected chi connectivity index (χ4v) is 3.72. The number of hydrogen-bond donors (Lipinski definition) is 1. The number of carbonyl (C=O) groups is 1. The van der Waals surface area contributed by atoms with Gasteiger partial charge in [0.05, 0.1) is 17.3 Å². The van der Waals surface area contributed by atoms with Crippen molar-refractivity contribution in [2.24, 2.45) is 5.41 Å². The topological polar surface area (TPSA) is 80.9 Å². The molecule has 1 atom stereocenters. The number of thiophene rings is 1. The van der Waals surface area contributed by atoms with Crippen molar-refractivity contribution >= 4 is 33.2 Å². The molecule has 0 aliphatic carbocycles. The van der Waals surface area contributed by atoms with Gasteiger partial charge in [-0.2, -0.15) is 0 Å². The Kier molecular flexibility index (Phi) is 4.77. The molecule has 0 saturated heterocycles. The lowest BCUT2D eigenvalue weighted by molar-refractivity contribution is -0.138. The highest BCUT2D eigenvalue weighted by Crippen LogP contribution is 2.36. The zero-order valence-corrected chi connectivity index (χ0v) is 14.5. The fourth-order valence-electron chi connectivity index (χ4n) is 2.20. The maximum Gasteiger partial charge on any atom is 0.305 e. The summed E-state index contributed by atoms with van der Waals surface area (Å²) in [6, 6.07) is 1.65. The number of rotatable bonds is 5. The molecule has 1 N–H and O–H groups in total. The third-order valence-electron chi connectivity index (χ3n) is 2.92. The first-order valence-electron chi connectivity index (χ1n) is 6.51. The standard InChI is InChI=1S/C13H17BrN4O2S/c1-13(2,3)7-8(6-10(19)20)18-12(15-16-17-18)11-9(14)4-5-21-11/h4-5,8H,6-7H2,1-3H3,(H,19,20). The minimum atomic E-state index is -0.851. The molecular formula is C13H17BrN4O2S. The van der Waals surface area contributed by atoms with Crippen LogP contribution in [0, 0.1) is 5.41 Å². The molecular weight excluding hydrogens is 356 g/mol. The first-order valence-corrected chi connectivity index (χ1v) is 8.18. The molecule has 2 rings (SSSR count). The zero-order chi connectivity index (χ0) is 15.6. The fraction of sp³-hybridized carbons (Fsp3) is 0.538. The maximum absolute atomic E-state index is 11.2. The molecule has 2 heterocycles. The Hall–Kier alpha value is -1.28. The molecule has 0 saturated carbocycles. The monoisotopic (exact) mass is 372 g/mol. The van der Waals surface area contributed by atoms with E-state index in [0.717, 1.165) is 9.35 Å². The van der Waals surface area contributed by atoms with Gasteiger partial charge in [0.15, 0.2) is 5.82 Å². The summed E-state index contributed by atoms with van der Waals surface area (Å²) in [5.41, 5.74) is -0.0178. The van der Waals surface area contributed by atoms with Crippen molar-refractivity contribution in [1.29, 1.82) is 0 Å².